The molecule has 3 fully saturated rings. The van der Waals surface area contributed by atoms with E-state index in [0.717, 1.165) is 18.8 Å². The van der Waals surface area contributed by atoms with Crippen molar-refractivity contribution in [3.05, 3.63) is 0 Å². The predicted molar refractivity (Wildman–Crippen MR) is 96.6 cm³/mol. The highest BCUT2D eigenvalue weighted by atomic mass is 35.5. The highest BCUT2D eigenvalue weighted by Crippen LogP contribution is 2.44. The van der Waals surface area contributed by atoms with Gasteiger partial charge in [0.2, 0.25) is 10.0 Å². The average Bonchev–Trinajstić information content (AvgIpc) is 3.13. The van der Waals surface area contributed by atoms with Gasteiger partial charge in [-0.1, -0.05) is 0 Å². The van der Waals surface area contributed by atoms with Gasteiger partial charge < -0.3 is 10.2 Å². The monoisotopic (exact) mass is 365 g/mol. The van der Waals surface area contributed by atoms with E-state index in [1.807, 2.05) is 0 Å². The Morgan fingerprint density at radius 1 is 1.22 bits per heavy atom. The first-order valence-corrected chi connectivity index (χ1v) is 10.6. The van der Waals surface area contributed by atoms with Crippen molar-refractivity contribution in [2.24, 2.45) is 11.3 Å². The lowest BCUT2D eigenvalue weighted by Gasteiger charge is -2.37. The number of sulfonamides is 1. The third kappa shape index (κ3) is 5.05. The standard InChI is InChI=1S/C16H31N3O2S.ClH/c1-2-22(20,21)18-15-3-6-16(7-4-15)8-10-19(13-16)12-14-5-9-17-11-14;/h14-15,17-18H,2-13H2,1H3;1H/t14-,15?,16?;/m1./s1. The Morgan fingerprint density at radius 2 is 1.96 bits per heavy atom. The molecule has 2 aliphatic heterocycles. The van der Waals surface area contributed by atoms with Crippen molar-refractivity contribution in [3.63, 3.8) is 0 Å². The van der Waals surface area contributed by atoms with Crippen LogP contribution in [0.1, 0.15) is 45.4 Å². The first-order chi connectivity index (χ1) is 10.5. The van der Waals surface area contributed by atoms with Crippen molar-refractivity contribution < 1.29 is 8.42 Å². The normalized spacial score (nSPS) is 35.5. The molecule has 2 saturated heterocycles. The Hall–Kier alpha value is 0.120. The molecule has 5 nitrogen and oxygen atoms in total. The van der Waals surface area contributed by atoms with Crippen LogP contribution in [0.5, 0.6) is 0 Å². The van der Waals surface area contributed by atoms with Crippen molar-refractivity contribution in [3.8, 4) is 0 Å². The molecule has 136 valence electrons. The van der Waals surface area contributed by atoms with E-state index in [9.17, 15) is 8.42 Å². The molecule has 1 saturated carbocycles. The SMILES string of the molecule is CCS(=O)(=O)NC1CCC2(CC1)CCN(C[C@@H]1CCNC1)C2.Cl. The molecule has 3 rings (SSSR count). The number of likely N-dealkylation sites (tertiary alicyclic amines) is 1. The zero-order valence-corrected chi connectivity index (χ0v) is 15.9. The predicted octanol–water partition coefficient (Wildman–Crippen LogP) is 1.59. The van der Waals surface area contributed by atoms with Crippen LogP contribution >= 0.6 is 12.4 Å². The fourth-order valence-corrected chi connectivity index (χ4v) is 5.42. The highest BCUT2D eigenvalue weighted by Gasteiger charge is 2.41. The molecule has 0 aromatic rings. The molecule has 2 heterocycles. The maximum absolute atomic E-state index is 11.7. The zero-order chi connectivity index (χ0) is 15.6. The molecule has 1 atom stereocenters. The van der Waals surface area contributed by atoms with Gasteiger partial charge in [0.1, 0.15) is 0 Å². The summed E-state index contributed by atoms with van der Waals surface area (Å²) in [6.45, 7) is 7.80. The molecule has 7 heteroatoms. The van der Waals surface area contributed by atoms with Crippen LogP contribution < -0.4 is 10.0 Å². The van der Waals surface area contributed by atoms with Crippen molar-refractivity contribution in [1.82, 2.24) is 14.9 Å². The number of halogens is 1. The van der Waals surface area contributed by atoms with Gasteiger partial charge in [0, 0.05) is 19.1 Å². The molecular weight excluding hydrogens is 334 g/mol. The van der Waals surface area contributed by atoms with Crippen molar-refractivity contribution in [2.45, 2.75) is 51.5 Å². The summed E-state index contributed by atoms with van der Waals surface area (Å²) in [7, 11) is -3.05. The summed E-state index contributed by atoms with van der Waals surface area (Å²) < 4.78 is 26.3. The fourth-order valence-electron chi connectivity index (χ4n) is 4.51. The maximum Gasteiger partial charge on any atom is 0.211 e. The van der Waals surface area contributed by atoms with Crippen LogP contribution in [0.4, 0.5) is 0 Å². The lowest BCUT2D eigenvalue weighted by molar-refractivity contribution is 0.163. The minimum atomic E-state index is -3.05. The summed E-state index contributed by atoms with van der Waals surface area (Å²) in [6.07, 6.45) is 7.02. The van der Waals surface area contributed by atoms with Crippen LogP contribution in [-0.2, 0) is 10.0 Å². The molecule has 1 spiro atoms. The third-order valence-corrected chi connectivity index (χ3v) is 7.42. The Bertz CT molecular complexity index is 472. The molecule has 0 bridgehead atoms. The van der Waals surface area contributed by atoms with E-state index in [-0.39, 0.29) is 24.2 Å². The van der Waals surface area contributed by atoms with E-state index < -0.39 is 10.0 Å². The van der Waals surface area contributed by atoms with Crippen LogP contribution in [0.3, 0.4) is 0 Å². The lowest BCUT2D eigenvalue weighted by atomic mass is 9.72. The lowest BCUT2D eigenvalue weighted by Crippen LogP contribution is -2.42. The number of rotatable bonds is 5. The second kappa shape index (κ2) is 8.00. The fraction of sp³-hybridized carbons (Fsp3) is 1.00. The first kappa shape index (κ1) is 19.4. The number of hydrogen-bond acceptors (Lipinski definition) is 4. The maximum atomic E-state index is 11.7. The van der Waals surface area contributed by atoms with Gasteiger partial charge in [0.15, 0.2) is 0 Å². The third-order valence-electron chi connectivity index (χ3n) is 5.97. The first-order valence-electron chi connectivity index (χ1n) is 8.93. The topological polar surface area (TPSA) is 61.4 Å². The van der Waals surface area contributed by atoms with E-state index >= 15 is 0 Å². The smallest absolute Gasteiger partial charge is 0.211 e. The summed E-state index contributed by atoms with van der Waals surface area (Å²) in [4.78, 5) is 2.66. The van der Waals surface area contributed by atoms with E-state index in [1.54, 1.807) is 6.92 Å². The van der Waals surface area contributed by atoms with Gasteiger partial charge in [-0.25, -0.2) is 13.1 Å². The summed E-state index contributed by atoms with van der Waals surface area (Å²) in [5.41, 5.74) is 0.472. The van der Waals surface area contributed by atoms with Gasteiger partial charge in [0.25, 0.3) is 0 Å². The van der Waals surface area contributed by atoms with Crippen LogP contribution in [0, 0.1) is 11.3 Å². The molecular formula is C16H32ClN3O2S. The van der Waals surface area contributed by atoms with Crippen molar-refractivity contribution in [2.75, 3.05) is 38.5 Å². The summed E-state index contributed by atoms with van der Waals surface area (Å²) in [5.74, 6) is 1.03. The van der Waals surface area contributed by atoms with Gasteiger partial charge >= 0.3 is 0 Å². The molecule has 0 radical (unpaired) electrons. The van der Waals surface area contributed by atoms with Gasteiger partial charge in [-0.3, -0.25) is 0 Å². The van der Waals surface area contributed by atoms with Crippen molar-refractivity contribution >= 4 is 22.4 Å². The molecule has 0 unspecified atom stereocenters. The largest absolute Gasteiger partial charge is 0.316 e. The van der Waals surface area contributed by atoms with E-state index in [4.69, 9.17) is 0 Å². The summed E-state index contributed by atoms with van der Waals surface area (Å²) in [6, 6.07) is 0.170. The van der Waals surface area contributed by atoms with Gasteiger partial charge in [-0.05, 0) is 76.4 Å². The van der Waals surface area contributed by atoms with E-state index in [0.29, 0.717) is 5.41 Å². The average molecular weight is 366 g/mol. The number of nitrogens with one attached hydrogen (secondary N) is 2. The van der Waals surface area contributed by atoms with E-state index in [1.165, 1.54) is 58.4 Å². The van der Waals surface area contributed by atoms with Crippen LogP contribution in [0.25, 0.3) is 0 Å². The van der Waals surface area contributed by atoms with Crippen LogP contribution in [0.15, 0.2) is 0 Å². The Labute approximate surface area is 147 Å². The number of hydrogen-bond donors (Lipinski definition) is 2. The summed E-state index contributed by atoms with van der Waals surface area (Å²) >= 11 is 0. The molecule has 0 amide bonds. The zero-order valence-electron chi connectivity index (χ0n) is 14.2. The Kier molecular flexibility index (Phi) is 6.76. The van der Waals surface area contributed by atoms with E-state index in [2.05, 4.69) is 14.9 Å². The summed E-state index contributed by atoms with van der Waals surface area (Å²) in [5, 5.41) is 3.46. The Morgan fingerprint density at radius 3 is 2.57 bits per heavy atom. The second-order valence-electron chi connectivity index (χ2n) is 7.64. The molecule has 1 aliphatic carbocycles. The molecule has 0 aromatic carbocycles. The molecule has 2 N–H and O–H groups in total. The minimum absolute atomic E-state index is 0. The van der Waals surface area contributed by atoms with Crippen LogP contribution in [0.2, 0.25) is 0 Å². The van der Waals surface area contributed by atoms with Crippen LogP contribution in [-0.4, -0.2) is 57.8 Å². The molecule has 23 heavy (non-hydrogen) atoms. The Balaban J connectivity index is 0.00000192. The van der Waals surface area contributed by atoms with Gasteiger partial charge in [0.05, 0.1) is 5.75 Å². The molecule has 3 aliphatic rings. The minimum Gasteiger partial charge on any atom is -0.316 e. The van der Waals surface area contributed by atoms with Crippen molar-refractivity contribution in [1.29, 1.82) is 0 Å². The molecule has 0 aromatic heterocycles. The van der Waals surface area contributed by atoms with Gasteiger partial charge in [-0.2, -0.15) is 0 Å². The van der Waals surface area contributed by atoms with Gasteiger partial charge in [-0.15, -0.1) is 12.4 Å². The number of nitrogens with zero attached hydrogens (tertiary/aromatic N) is 1. The second-order valence-corrected chi connectivity index (χ2v) is 9.68. The highest BCUT2D eigenvalue weighted by molar-refractivity contribution is 7.89. The quantitative estimate of drug-likeness (QED) is 0.776.